The topological polar surface area (TPSA) is 75.8 Å². The van der Waals surface area contributed by atoms with Gasteiger partial charge < -0.3 is 15.6 Å². The van der Waals surface area contributed by atoms with Crippen molar-refractivity contribution in [2.45, 2.75) is 25.3 Å². The summed E-state index contributed by atoms with van der Waals surface area (Å²) in [7, 11) is 0. The van der Waals surface area contributed by atoms with Gasteiger partial charge in [0.05, 0.1) is 6.42 Å². The fourth-order valence-electron chi connectivity index (χ4n) is 2.41. The molecule has 21 heavy (non-hydrogen) atoms. The molecule has 0 aromatic heterocycles. The molecule has 0 atom stereocenters. The third-order valence-corrected chi connectivity index (χ3v) is 3.65. The van der Waals surface area contributed by atoms with Crippen LogP contribution in [0, 0.1) is 5.82 Å². The number of halogens is 1. The van der Waals surface area contributed by atoms with Gasteiger partial charge in [0, 0.05) is 12.6 Å². The van der Waals surface area contributed by atoms with Gasteiger partial charge in [0.2, 0.25) is 0 Å². The Hall–Kier alpha value is -1.66. The van der Waals surface area contributed by atoms with Crippen molar-refractivity contribution in [3.63, 3.8) is 0 Å². The summed E-state index contributed by atoms with van der Waals surface area (Å²) in [5.41, 5.74) is 6.26. The molecular formula is C15H21FN2O3. The molecule has 6 heteroatoms. The second-order valence-corrected chi connectivity index (χ2v) is 5.36. The minimum absolute atomic E-state index is 0.165. The Labute approximate surface area is 123 Å². The van der Waals surface area contributed by atoms with E-state index in [-0.39, 0.29) is 12.2 Å². The maximum atomic E-state index is 13.8. The lowest BCUT2D eigenvalue weighted by Crippen LogP contribution is -2.41. The number of benzene rings is 1. The van der Waals surface area contributed by atoms with Gasteiger partial charge in [-0.05, 0) is 43.6 Å². The first kappa shape index (κ1) is 15.7. The minimum atomic E-state index is -0.980. The molecule has 0 unspecified atom stereocenters. The van der Waals surface area contributed by atoms with Crippen LogP contribution in [-0.4, -0.2) is 48.3 Å². The molecule has 0 amide bonds. The monoisotopic (exact) mass is 296 g/mol. The maximum absolute atomic E-state index is 13.8. The molecule has 0 bridgehead atoms. The van der Waals surface area contributed by atoms with Gasteiger partial charge >= 0.3 is 5.97 Å². The van der Waals surface area contributed by atoms with E-state index in [4.69, 9.17) is 15.6 Å². The summed E-state index contributed by atoms with van der Waals surface area (Å²) in [4.78, 5) is 12.8. The van der Waals surface area contributed by atoms with Crippen molar-refractivity contribution >= 4 is 5.97 Å². The van der Waals surface area contributed by atoms with Crippen LogP contribution in [0.4, 0.5) is 4.39 Å². The molecule has 116 valence electrons. The molecular weight excluding hydrogens is 275 g/mol. The number of hydrogen-bond donors (Lipinski definition) is 2. The molecule has 0 spiro atoms. The summed E-state index contributed by atoms with van der Waals surface area (Å²) in [6.07, 6.45) is 1.78. The van der Waals surface area contributed by atoms with Crippen LogP contribution in [0.2, 0.25) is 0 Å². The zero-order chi connectivity index (χ0) is 15.2. The number of carbonyl (C=O) groups is 1. The van der Waals surface area contributed by atoms with Crippen molar-refractivity contribution in [1.82, 2.24) is 4.90 Å². The normalized spacial score (nSPS) is 16.9. The summed E-state index contributed by atoms with van der Waals surface area (Å²) in [5.74, 6) is -1.33. The number of carboxylic acids is 1. The van der Waals surface area contributed by atoms with Gasteiger partial charge in [-0.1, -0.05) is 6.07 Å². The van der Waals surface area contributed by atoms with Crippen molar-refractivity contribution in [1.29, 1.82) is 0 Å². The van der Waals surface area contributed by atoms with Crippen molar-refractivity contribution < 1.29 is 19.0 Å². The van der Waals surface area contributed by atoms with Crippen LogP contribution in [0.5, 0.6) is 5.75 Å². The van der Waals surface area contributed by atoms with Crippen LogP contribution < -0.4 is 10.5 Å². The number of aliphatic carboxylic acids is 1. The summed E-state index contributed by atoms with van der Waals surface area (Å²) in [5, 5.41) is 8.66. The van der Waals surface area contributed by atoms with Gasteiger partial charge in [0.15, 0.2) is 11.6 Å². The van der Waals surface area contributed by atoms with Gasteiger partial charge in [-0.3, -0.25) is 9.69 Å². The van der Waals surface area contributed by atoms with Crippen LogP contribution in [0.25, 0.3) is 0 Å². The molecule has 1 saturated heterocycles. The number of nitrogens with zero attached hydrogens (tertiary/aromatic N) is 1. The second-order valence-electron chi connectivity index (χ2n) is 5.36. The number of ether oxygens (including phenoxy) is 1. The minimum Gasteiger partial charge on any atom is -0.489 e. The quantitative estimate of drug-likeness (QED) is 0.826. The number of nitrogens with two attached hydrogens (primary N) is 1. The van der Waals surface area contributed by atoms with E-state index >= 15 is 0 Å². The predicted molar refractivity (Wildman–Crippen MR) is 76.9 cm³/mol. The second kappa shape index (κ2) is 7.38. The van der Waals surface area contributed by atoms with Crippen molar-refractivity contribution in [2.24, 2.45) is 5.73 Å². The van der Waals surface area contributed by atoms with Crippen LogP contribution in [0.15, 0.2) is 18.2 Å². The number of carboxylic acid groups (broad SMARTS) is 1. The van der Waals surface area contributed by atoms with Gasteiger partial charge in [-0.2, -0.15) is 0 Å². The average molecular weight is 296 g/mol. The highest BCUT2D eigenvalue weighted by molar-refractivity contribution is 5.70. The maximum Gasteiger partial charge on any atom is 0.307 e. The van der Waals surface area contributed by atoms with Crippen LogP contribution in [-0.2, 0) is 11.2 Å². The zero-order valence-electron chi connectivity index (χ0n) is 11.9. The molecule has 2 rings (SSSR count). The van der Waals surface area contributed by atoms with E-state index in [1.165, 1.54) is 12.1 Å². The van der Waals surface area contributed by atoms with Crippen molar-refractivity contribution in [3.05, 3.63) is 29.6 Å². The first-order chi connectivity index (χ1) is 10.0. The molecule has 0 aliphatic carbocycles. The van der Waals surface area contributed by atoms with Crippen molar-refractivity contribution in [3.8, 4) is 5.75 Å². The number of likely N-dealkylation sites (tertiary alicyclic amines) is 1. The molecule has 5 nitrogen and oxygen atoms in total. The summed E-state index contributed by atoms with van der Waals surface area (Å²) in [6.45, 7) is 3.04. The standard InChI is InChI=1S/C15H21FN2O3/c16-13-9-11(10-15(19)20)1-2-14(13)21-8-7-18-5-3-12(17)4-6-18/h1-2,9,12H,3-8,10,17H2,(H,19,20). The average Bonchev–Trinajstić information content (AvgIpc) is 2.43. The molecule has 1 fully saturated rings. The molecule has 1 aliphatic heterocycles. The highest BCUT2D eigenvalue weighted by Gasteiger charge is 2.15. The lowest BCUT2D eigenvalue weighted by molar-refractivity contribution is -0.136. The van der Waals surface area contributed by atoms with E-state index < -0.39 is 11.8 Å². The highest BCUT2D eigenvalue weighted by atomic mass is 19.1. The molecule has 1 heterocycles. The smallest absolute Gasteiger partial charge is 0.307 e. The zero-order valence-corrected chi connectivity index (χ0v) is 11.9. The van der Waals surface area contributed by atoms with E-state index in [1.807, 2.05) is 0 Å². The van der Waals surface area contributed by atoms with E-state index in [0.29, 0.717) is 18.2 Å². The Morgan fingerprint density at radius 1 is 1.43 bits per heavy atom. The predicted octanol–water partition coefficient (Wildman–Crippen LogP) is 1.25. The molecule has 0 radical (unpaired) electrons. The van der Waals surface area contributed by atoms with E-state index in [0.717, 1.165) is 32.5 Å². The fourth-order valence-corrected chi connectivity index (χ4v) is 2.41. The molecule has 1 aliphatic rings. The first-order valence-electron chi connectivity index (χ1n) is 7.15. The van der Waals surface area contributed by atoms with Crippen LogP contribution >= 0.6 is 0 Å². The van der Waals surface area contributed by atoms with Gasteiger partial charge in [-0.25, -0.2) is 4.39 Å². The largest absolute Gasteiger partial charge is 0.489 e. The van der Waals surface area contributed by atoms with E-state index in [1.54, 1.807) is 6.07 Å². The summed E-state index contributed by atoms with van der Waals surface area (Å²) >= 11 is 0. The van der Waals surface area contributed by atoms with Crippen LogP contribution in [0.1, 0.15) is 18.4 Å². The third-order valence-electron chi connectivity index (χ3n) is 3.65. The number of piperidine rings is 1. The molecule has 1 aromatic rings. The molecule has 0 saturated carbocycles. The molecule has 1 aromatic carbocycles. The lowest BCUT2D eigenvalue weighted by Gasteiger charge is -2.29. The number of rotatable bonds is 6. The number of hydrogen-bond acceptors (Lipinski definition) is 4. The van der Waals surface area contributed by atoms with Gasteiger partial charge in [0.25, 0.3) is 0 Å². The van der Waals surface area contributed by atoms with E-state index in [9.17, 15) is 9.18 Å². The SMILES string of the molecule is NC1CCN(CCOc2ccc(CC(=O)O)cc2F)CC1. The van der Waals surface area contributed by atoms with Gasteiger partial charge in [-0.15, -0.1) is 0 Å². The van der Waals surface area contributed by atoms with Crippen LogP contribution in [0.3, 0.4) is 0 Å². The Bertz CT molecular complexity index is 488. The van der Waals surface area contributed by atoms with E-state index in [2.05, 4.69) is 4.90 Å². The van der Waals surface area contributed by atoms with Crippen molar-refractivity contribution in [2.75, 3.05) is 26.2 Å². The fraction of sp³-hybridized carbons (Fsp3) is 0.533. The lowest BCUT2D eigenvalue weighted by atomic mass is 10.1. The first-order valence-corrected chi connectivity index (χ1v) is 7.15. The Morgan fingerprint density at radius 3 is 2.76 bits per heavy atom. The summed E-state index contributed by atoms with van der Waals surface area (Å²) < 4.78 is 19.2. The Morgan fingerprint density at radius 2 is 2.14 bits per heavy atom. The highest BCUT2D eigenvalue weighted by Crippen LogP contribution is 2.19. The Kier molecular flexibility index (Phi) is 5.52. The molecule has 3 N–H and O–H groups in total. The summed E-state index contributed by atoms with van der Waals surface area (Å²) in [6, 6.07) is 4.57. The van der Waals surface area contributed by atoms with Gasteiger partial charge in [0.1, 0.15) is 6.61 Å². The Balaban J connectivity index is 1.79. The third kappa shape index (κ3) is 4.99.